The number of ether oxygens (including phenoxy) is 1. The van der Waals surface area contributed by atoms with E-state index in [0.717, 1.165) is 12.8 Å². The van der Waals surface area contributed by atoms with Crippen molar-refractivity contribution in [3.05, 3.63) is 52.5 Å². The monoisotopic (exact) mass is 456 g/mol. The summed E-state index contributed by atoms with van der Waals surface area (Å²) in [5.74, 6) is 0.560. The average Bonchev–Trinajstić information content (AvgIpc) is 2.66. The van der Waals surface area contributed by atoms with Gasteiger partial charge in [0.1, 0.15) is 5.75 Å². The lowest BCUT2D eigenvalue weighted by Crippen LogP contribution is -2.37. The quantitative estimate of drug-likeness (QED) is 0.697. The summed E-state index contributed by atoms with van der Waals surface area (Å²) >= 11 is 11.8. The van der Waals surface area contributed by atoms with Crippen LogP contribution >= 0.6 is 23.2 Å². The minimum atomic E-state index is -3.51. The number of piperidine rings is 1. The molecule has 1 aliphatic rings. The average molecular weight is 457 g/mol. The molecule has 0 aliphatic carbocycles. The van der Waals surface area contributed by atoms with E-state index in [0.29, 0.717) is 40.5 Å². The molecule has 0 spiro atoms. The van der Waals surface area contributed by atoms with E-state index in [9.17, 15) is 13.2 Å². The van der Waals surface area contributed by atoms with Crippen LogP contribution in [0.5, 0.6) is 5.75 Å². The maximum Gasteiger partial charge on any atom is 0.262 e. The molecule has 1 N–H and O–H groups in total. The van der Waals surface area contributed by atoms with Gasteiger partial charge in [-0.15, -0.1) is 0 Å². The van der Waals surface area contributed by atoms with Crippen molar-refractivity contribution in [2.45, 2.75) is 24.7 Å². The van der Waals surface area contributed by atoms with E-state index in [1.807, 2.05) is 0 Å². The highest BCUT2D eigenvalue weighted by Crippen LogP contribution is 2.25. The normalized spacial score (nSPS) is 15.8. The summed E-state index contributed by atoms with van der Waals surface area (Å²) in [4.78, 5) is 12.3. The first-order valence-electron chi connectivity index (χ1n) is 9.23. The standard InChI is InChI=1S/C20H22Cl2N2O4S/c1-14-6-8-24(9-7-14)29(26,27)19-4-2-18(3-5-19)28-13-20(25)23-17-11-15(21)10-16(22)12-17/h2-5,10-12,14H,6-9,13H2,1H3,(H,23,25). The van der Waals surface area contributed by atoms with Gasteiger partial charge in [0, 0.05) is 28.8 Å². The fraction of sp³-hybridized carbons (Fsp3) is 0.350. The minimum Gasteiger partial charge on any atom is -0.484 e. The van der Waals surface area contributed by atoms with Crippen molar-refractivity contribution < 1.29 is 17.9 Å². The number of halogens is 2. The molecule has 0 aromatic heterocycles. The first kappa shape index (κ1) is 21.9. The zero-order valence-corrected chi connectivity index (χ0v) is 18.2. The van der Waals surface area contributed by atoms with Gasteiger partial charge < -0.3 is 10.1 Å². The number of hydrogen-bond acceptors (Lipinski definition) is 4. The lowest BCUT2D eigenvalue weighted by molar-refractivity contribution is -0.118. The third-order valence-corrected chi connectivity index (χ3v) is 7.07. The van der Waals surface area contributed by atoms with Gasteiger partial charge in [-0.25, -0.2) is 8.42 Å². The molecule has 156 valence electrons. The van der Waals surface area contributed by atoms with Crippen molar-refractivity contribution in [3.8, 4) is 5.75 Å². The van der Waals surface area contributed by atoms with Gasteiger partial charge in [-0.05, 0) is 61.2 Å². The number of amides is 1. The Bertz CT molecular complexity index is 952. The van der Waals surface area contributed by atoms with Crippen LogP contribution in [0.15, 0.2) is 47.4 Å². The molecule has 9 heteroatoms. The third-order valence-electron chi connectivity index (χ3n) is 4.72. The summed E-state index contributed by atoms with van der Waals surface area (Å²) in [7, 11) is -3.51. The Morgan fingerprint density at radius 1 is 1.10 bits per heavy atom. The van der Waals surface area contributed by atoms with Crippen LogP contribution in [0.25, 0.3) is 0 Å². The maximum absolute atomic E-state index is 12.7. The fourth-order valence-corrected chi connectivity index (χ4v) is 5.05. The number of benzene rings is 2. The predicted molar refractivity (Wildman–Crippen MR) is 114 cm³/mol. The molecule has 2 aromatic carbocycles. The van der Waals surface area contributed by atoms with Crippen molar-refractivity contribution in [2.24, 2.45) is 5.92 Å². The summed E-state index contributed by atoms with van der Waals surface area (Å²) in [6.07, 6.45) is 1.74. The first-order chi connectivity index (χ1) is 13.7. The number of hydrogen-bond donors (Lipinski definition) is 1. The molecular formula is C20H22Cl2N2O4S. The molecule has 0 unspecified atom stereocenters. The van der Waals surface area contributed by atoms with Crippen LogP contribution in [0.4, 0.5) is 5.69 Å². The molecule has 1 aliphatic heterocycles. The molecule has 1 fully saturated rings. The Labute approximate surface area is 180 Å². The number of nitrogens with zero attached hydrogens (tertiary/aromatic N) is 1. The van der Waals surface area contributed by atoms with Crippen molar-refractivity contribution in [2.75, 3.05) is 25.0 Å². The van der Waals surface area contributed by atoms with E-state index in [2.05, 4.69) is 12.2 Å². The Kier molecular flexibility index (Phi) is 7.05. The highest BCUT2D eigenvalue weighted by atomic mass is 35.5. The molecule has 29 heavy (non-hydrogen) atoms. The van der Waals surface area contributed by atoms with Crippen LogP contribution in [-0.4, -0.2) is 38.3 Å². The van der Waals surface area contributed by atoms with Gasteiger partial charge in [0.15, 0.2) is 6.61 Å². The smallest absolute Gasteiger partial charge is 0.262 e. The van der Waals surface area contributed by atoms with Gasteiger partial charge in [0.05, 0.1) is 4.90 Å². The Morgan fingerprint density at radius 3 is 2.28 bits per heavy atom. The van der Waals surface area contributed by atoms with Crippen LogP contribution in [0.2, 0.25) is 10.0 Å². The van der Waals surface area contributed by atoms with Crippen LogP contribution in [0.1, 0.15) is 19.8 Å². The maximum atomic E-state index is 12.7. The third kappa shape index (κ3) is 5.85. The van der Waals surface area contributed by atoms with Crippen molar-refractivity contribution >= 4 is 44.8 Å². The van der Waals surface area contributed by atoms with Crippen molar-refractivity contribution in [1.29, 1.82) is 0 Å². The topological polar surface area (TPSA) is 75.7 Å². The first-order valence-corrected chi connectivity index (χ1v) is 11.4. The minimum absolute atomic E-state index is 0.220. The van der Waals surface area contributed by atoms with Gasteiger partial charge in [0.25, 0.3) is 5.91 Å². The second kappa shape index (κ2) is 9.34. The zero-order chi connectivity index (χ0) is 21.0. The highest BCUT2D eigenvalue weighted by molar-refractivity contribution is 7.89. The Balaban J connectivity index is 1.57. The van der Waals surface area contributed by atoms with Gasteiger partial charge >= 0.3 is 0 Å². The summed E-state index contributed by atoms with van der Waals surface area (Å²) in [5.41, 5.74) is 0.466. The van der Waals surface area contributed by atoms with Crippen LogP contribution in [-0.2, 0) is 14.8 Å². The molecule has 2 aromatic rings. The van der Waals surface area contributed by atoms with E-state index < -0.39 is 10.0 Å². The van der Waals surface area contributed by atoms with Crippen LogP contribution < -0.4 is 10.1 Å². The van der Waals surface area contributed by atoms with E-state index in [-0.39, 0.29) is 17.4 Å². The number of anilines is 1. The van der Waals surface area contributed by atoms with Gasteiger partial charge in [-0.3, -0.25) is 4.79 Å². The molecule has 3 rings (SSSR count). The molecule has 1 amide bonds. The summed E-state index contributed by atoms with van der Waals surface area (Å²) in [6.45, 7) is 2.97. The number of nitrogens with one attached hydrogen (secondary N) is 1. The lowest BCUT2D eigenvalue weighted by Gasteiger charge is -2.29. The Morgan fingerprint density at radius 2 is 1.69 bits per heavy atom. The zero-order valence-electron chi connectivity index (χ0n) is 15.9. The molecule has 0 radical (unpaired) electrons. The van der Waals surface area contributed by atoms with E-state index in [4.69, 9.17) is 27.9 Å². The molecule has 1 saturated heterocycles. The molecule has 0 bridgehead atoms. The SMILES string of the molecule is CC1CCN(S(=O)(=O)c2ccc(OCC(=O)Nc3cc(Cl)cc(Cl)c3)cc2)CC1. The Hall–Kier alpha value is -1.80. The van der Waals surface area contributed by atoms with Crippen LogP contribution in [0.3, 0.4) is 0 Å². The molecule has 6 nitrogen and oxygen atoms in total. The number of sulfonamides is 1. The van der Waals surface area contributed by atoms with Crippen molar-refractivity contribution in [1.82, 2.24) is 4.31 Å². The lowest BCUT2D eigenvalue weighted by atomic mass is 10.0. The summed E-state index contributed by atoms with van der Waals surface area (Å²) in [5, 5.41) is 3.46. The molecular weight excluding hydrogens is 435 g/mol. The fourth-order valence-electron chi connectivity index (χ4n) is 3.05. The second-order valence-corrected chi connectivity index (χ2v) is 9.86. The van der Waals surface area contributed by atoms with E-state index in [1.165, 1.54) is 16.4 Å². The largest absolute Gasteiger partial charge is 0.484 e. The van der Waals surface area contributed by atoms with Crippen molar-refractivity contribution in [3.63, 3.8) is 0 Å². The predicted octanol–water partition coefficient (Wildman–Crippen LogP) is 4.43. The molecule has 0 saturated carbocycles. The van der Waals surface area contributed by atoms with Gasteiger partial charge in [-0.1, -0.05) is 30.1 Å². The number of rotatable bonds is 6. The molecule has 0 atom stereocenters. The number of carbonyl (C=O) groups is 1. The second-order valence-electron chi connectivity index (χ2n) is 7.05. The van der Waals surface area contributed by atoms with E-state index in [1.54, 1.807) is 30.3 Å². The van der Waals surface area contributed by atoms with Crippen LogP contribution in [0, 0.1) is 5.92 Å². The summed E-state index contributed by atoms with van der Waals surface area (Å²) < 4.78 is 32.4. The van der Waals surface area contributed by atoms with Gasteiger partial charge in [-0.2, -0.15) is 4.31 Å². The van der Waals surface area contributed by atoms with Gasteiger partial charge in [0.2, 0.25) is 10.0 Å². The number of carbonyl (C=O) groups excluding carboxylic acids is 1. The highest BCUT2D eigenvalue weighted by Gasteiger charge is 2.27. The molecule has 1 heterocycles. The summed E-state index contributed by atoms with van der Waals surface area (Å²) in [6, 6.07) is 10.8. The van der Waals surface area contributed by atoms with E-state index >= 15 is 0 Å².